The number of hydrogen-bond donors (Lipinski definition) is 5. The zero-order valence-corrected chi connectivity index (χ0v) is 18.9. The van der Waals surface area contributed by atoms with Crippen LogP contribution in [0.4, 0.5) is 11.4 Å². The molecular weight excluding hydrogens is 432 g/mol. The molecule has 8 nitrogen and oxygen atoms in total. The number of carbonyl (C=O) groups excluding carboxylic acids is 2. The first-order valence-electron chi connectivity index (χ1n) is 10.7. The van der Waals surface area contributed by atoms with Gasteiger partial charge in [0.2, 0.25) is 5.91 Å². The van der Waals surface area contributed by atoms with Crippen molar-refractivity contribution < 1.29 is 19.5 Å². The molecule has 0 aliphatic rings. The van der Waals surface area contributed by atoms with Gasteiger partial charge in [-0.3, -0.25) is 15.0 Å². The summed E-state index contributed by atoms with van der Waals surface area (Å²) in [4.78, 5) is 37.2. The van der Waals surface area contributed by atoms with Gasteiger partial charge in [-0.2, -0.15) is 0 Å². The molecule has 0 bridgehead atoms. The number of hydrogen-bond acceptors (Lipinski definition) is 4. The topological polar surface area (TPSA) is 145 Å². The minimum atomic E-state index is -1.18. The van der Waals surface area contributed by atoms with E-state index in [1.165, 1.54) is 6.07 Å². The van der Waals surface area contributed by atoms with E-state index in [2.05, 4.69) is 10.6 Å². The van der Waals surface area contributed by atoms with Crippen LogP contribution in [0.15, 0.2) is 66.7 Å². The number of nitrogen functional groups attached to an aromatic ring is 1. The second-order valence-electron chi connectivity index (χ2n) is 8.20. The van der Waals surface area contributed by atoms with Crippen molar-refractivity contribution >= 4 is 35.0 Å². The standard InChI is InChI=1S/C26H26N4O4/c1-15(2)13-23(31)29-18-11-12-20(22(14-18)26(33)34)19-5-3-4-6-21(19)25(32)30-17-9-7-16(8-10-17)24(27)28/h3-12,14-15H,13H2,1-2H3,(H3,27,28)(H,29,31)(H,30,32)(H,33,34). The van der Waals surface area contributed by atoms with Crippen LogP contribution in [-0.2, 0) is 4.79 Å². The molecule has 0 saturated carbocycles. The number of carbonyl (C=O) groups is 3. The maximum atomic E-state index is 13.0. The highest BCUT2D eigenvalue weighted by molar-refractivity contribution is 6.10. The summed E-state index contributed by atoms with van der Waals surface area (Å²) in [5, 5.41) is 22.8. The van der Waals surface area contributed by atoms with E-state index < -0.39 is 11.9 Å². The maximum absolute atomic E-state index is 13.0. The van der Waals surface area contributed by atoms with Crippen LogP contribution in [-0.4, -0.2) is 28.7 Å². The van der Waals surface area contributed by atoms with E-state index in [9.17, 15) is 19.5 Å². The Labute approximate surface area is 197 Å². The SMILES string of the molecule is CC(C)CC(=O)Nc1ccc(-c2ccccc2C(=O)Nc2ccc(C(=N)N)cc2)c(C(=O)O)c1. The van der Waals surface area contributed by atoms with Crippen molar-refractivity contribution in [2.45, 2.75) is 20.3 Å². The van der Waals surface area contributed by atoms with Gasteiger partial charge in [-0.25, -0.2) is 4.79 Å². The molecule has 3 rings (SSSR count). The molecule has 8 heteroatoms. The Morgan fingerprint density at radius 2 is 1.50 bits per heavy atom. The van der Waals surface area contributed by atoms with Gasteiger partial charge in [-0.15, -0.1) is 0 Å². The van der Waals surface area contributed by atoms with Crippen LogP contribution in [0.25, 0.3) is 11.1 Å². The second-order valence-corrected chi connectivity index (χ2v) is 8.20. The second kappa shape index (κ2) is 10.4. The number of amides is 2. The van der Waals surface area contributed by atoms with Gasteiger partial charge in [0.1, 0.15) is 5.84 Å². The van der Waals surface area contributed by atoms with Crippen molar-refractivity contribution in [3.05, 3.63) is 83.4 Å². The lowest BCUT2D eigenvalue weighted by Crippen LogP contribution is -2.15. The molecule has 0 aromatic heterocycles. The summed E-state index contributed by atoms with van der Waals surface area (Å²) in [5.41, 5.74) is 7.93. The van der Waals surface area contributed by atoms with E-state index in [1.54, 1.807) is 60.7 Å². The zero-order chi connectivity index (χ0) is 24.8. The van der Waals surface area contributed by atoms with Crippen LogP contribution < -0.4 is 16.4 Å². The van der Waals surface area contributed by atoms with E-state index in [4.69, 9.17) is 11.1 Å². The van der Waals surface area contributed by atoms with Crippen LogP contribution >= 0.6 is 0 Å². The molecule has 3 aromatic carbocycles. The Kier molecular flexibility index (Phi) is 7.43. The van der Waals surface area contributed by atoms with Gasteiger partial charge in [0.25, 0.3) is 5.91 Å². The average molecular weight is 459 g/mol. The number of benzene rings is 3. The van der Waals surface area contributed by atoms with Crippen LogP contribution in [0.2, 0.25) is 0 Å². The van der Waals surface area contributed by atoms with E-state index in [-0.39, 0.29) is 28.8 Å². The first-order chi connectivity index (χ1) is 16.2. The van der Waals surface area contributed by atoms with Gasteiger partial charge in [0, 0.05) is 28.9 Å². The van der Waals surface area contributed by atoms with E-state index in [0.29, 0.717) is 34.5 Å². The van der Waals surface area contributed by atoms with Crippen molar-refractivity contribution in [1.82, 2.24) is 0 Å². The summed E-state index contributed by atoms with van der Waals surface area (Å²) in [7, 11) is 0. The maximum Gasteiger partial charge on any atom is 0.336 e. The highest BCUT2D eigenvalue weighted by atomic mass is 16.4. The number of nitrogens with one attached hydrogen (secondary N) is 3. The van der Waals surface area contributed by atoms with Gasteiger partial charge in [-0.1, -0.05) is 38.1 Å². The van der Waals surface area contributed by atoms with E-state index in [1.807, 2.05) is 13.8 Å². The lowest BCUT2D eigenvalue weighted by molar-refractivity contribution is -0.116. The molecule has 0 radical (unpaired) electrons. The Morgan fingerprint density at radius 1 is 0.882 bits per heavy atom. The van der Waals surface area contributed by atoms with Crippen LogP contribution in [0.5, 0.6) is 0 Å². The number of aromatic carboxylic acids is 1. The highest BCUT2D eigenvalue weighted by Gasteiger charge is 2.19. The van der Waals surface area contributed by atoms with E-state index >= 15 is 0 Å². The largest absolute Gasteiger partial charge is 0.478 e. The van der Waals surface area contributed by atoms with Crippen LogP contribution in [0, 0.1) is 11.3 Å². The first-order valence-corrected chi connectivity index (χ1v) is 10.7. The predicted octanol–water partition coefficient (Wildman–Crippen LogP) is 4.57. The third kappa shape index (κ3) is 5.86. The summed E-state index contributed by atoms with van der Waals surface area (Å²) in [6.45, 7) is 3.84. The quantitative estimate of drug-likeness (QED) is 0.248. The average Bonchev–Trinajstić information content (AvgIpc) is 2.78. The third-order valence-corrected chi connectivity index (χ3v) is 5.04. The summed E-state index contributed by atoms with van der Waals surface area (Å²) >= 11 is 0. The number of carboxylic acid groups (broad SMARTS) is 1. The number of carboxylic acids is 1. The van der Waals surface area contributed by atoms with Crippen LogP contribution in [0.1, 0.15) is 46.5 Å². The normalized spacial score (nSPS) is 10.6. The van der Waals surface area contributed by atoms with Gasteiger partial charge in [0.15, 0.2) is 0 Å². The molecule has 0 saturated heterocycles. The third-order valence-electron chi connectivity index (χ3n) is 5.04. The Balaban J connectivity index is 1.93. The zero-order valence-electron chi connectivity index (χ0n) is 18.9. The van der Waals surface area contributed by atoms with Crippen molar-refractivity contribution in [3.63, 3.8) is 0 Å². The van der Waals surface area contributed by atoms with Crippen LogP contribution in [0.3, 0.4) is 0 Å². The minimum Gasteiger partial charge on any atom is -0.478 e. The lowest BCUT2D eigenvalue weighted by atomic mass is 9.94. The molecule has 34 heavy (non-hydrogen) atoms. The molecule has 0 heterocycles. The summed E-state index contributed by atoms with van der Waals surface area (Å²) in [6, 6.07) is 17.8. The van der Waals surface area contributed by atoms with Gasteiger partial charge < -0.3 is 21.5 Å². The lowest BCUT2D eigenvalue weighted by Gasteiger charge is -2.14. The molecule has 0 spiro atoms. The summed E-state index contributed by atoms with van der Waals surface area (Å²) in [6.07, 6.45) is 0.320. The molecule has 0 aliphatic heterocycles. The molecule has 0 aliphatic carbocycles. The molecule has 0 atom stereocenters. The minimum absolute atomic E-state index is 0.0339. The summed E-state index contributed by atoms with van der Waals surface area (Å²) in [5.74, 6) is -1.70. The Hall–Kier alpha value is -4.46. The molecule has 0 unspecified atom stereocenters. The fraction of sp³-hybridized carbons (Fsp3) is 0.154. The fourth-order valence-electron chi connectivity index (χ4n) is 3.46. The van der Waals surface area contributed by atoms with Crippen molar-refractivity contribution in [2.75, 3.05) is 10.6 Å². The number of rotatable bonds is 8. The first kappa shape index (κ1) is 24.2. The summed E-state index contributed by atoms with van der Waals surface area (Å²) < 4.78 is 0. The molecule has 6 N–H and O–H groups in total. The van der Waals surface area contributed by atoms with Crippen molar-refractivity contribution in [3.8, 4) is 11.1 Å². The van der Waals surface area contributed by atoms with E-state index in [0.717, 1.165) is 0 Å². The fourth-order valence-corrected chi connectivity index (χ4v) is 3.46. The number of anilines is 2. The van der Waals surface area contributed by atoms with Gasteiger partial charge in [0.05, 0.1) is 5.56 Å². The number of nitrogens with two attached hydrogens (primary N) is 1. The molecule has 174 valence electrons. The van der Waals surface area contributed by atoms with Gasteiger partial charge in [-0.05, 0) is 59.5 Å². The highest BCUT2D eigenvalue weighted by Crippen LogP contribution is 2.30. The van der Waals surface area contributed by atoms with Crippen molar-refractivity contribution in [1.29, 1.82) is 5.41 Å². The predicted molar refractivity (Wildman–Crippen MR) is 132 cm³/mol. The molecule has 0 fully saturated rings. The van der Waals surface area contributed by atoms with Gasteiger partial charge >= 0.3 is 5.97 Å². The number of amidine groups is 1. The molecule has 3 aromatic rings. The van der Waals surface area contributed by atoms with Crippen molar-refractivity contribution in [2.24, 2.45) is 11.7 Å². The molecular formula is C26H26N4O4. The Bertz CT molecular complexity index is 1250. The Morgan fingerprint density at radius 3 is 2.12 bits per heavy atom. The molecule has 2 amide bonds. The monoisotopic (exact) mass is 458 g/mol. The smallest absolute Gasteiger partial charge is 0.336 e.